The Morgan fingerprint density at radius 1 is 0.962 bits per heavy atom. The number of benzene rings is 2. The van der Waals surface area contributed by atoms with E-state index in [1.165, 1.54) is 0 Å². The van der Waals surface area contributed by atoms with Gasteiger partial charge in [-0.05, 0) is 24.5 Å². The van der Waals surface area contributed by atoms with Crippen molar-refractivity contribution in [1.82, 2.24) is 4.90 Å². The Kier molecular flexibility index (Phi) is 4.50. The van der Waals surface area contributed by atoms with Crippen LogP contribution in [0.2, 0.25) is 0 Å². The lowest BCUT2D eigenvalue weighted by molar-refractivity contribution is -0.150. The van der Waals surface area contributed by atoms with Crippen LogP contribution in [0, 0.1) is 17.5 Å². The molecule has 2 atom stereocenters. The molecular formula is C20H20F3NO2. The standard InChI is InChI=1S/C20H20F3NO2/c21-17-7-19(23)18(22)6-16(17)20(25)8-14-11-26-12-15(9-20)24(14)10-13-4-2-1-3-5-13/h1-7,14-15,25H,8-12H2. The van der Waals surface area contributed by atoms with Gasteiger partial charge in [-0.25, -0.2) is 13.2 Å². The highest BCUT2D eigenvalue weighted by Crippen LogP contribution is 2.42. The molecule has 0 aliphatic carbocycles. The van der Waals surface area contributed by atoms with Crippen molar-refractivity contribution in [3.05, 3.63) is 71.0 Å². The maximum atomic E-state index is 14.3. The first-order valence-electron chi connectivity index (χ1n) is 8.71. The van der Waals surface area contributed by atoms with Crippen LogP contribution >= 0.6 is 0 Å². The zero-order valence-electron chi connectivity index (χ0n) is 14.2. The Hall–Kier alpha value is -1.89. The third-order valence-corrected chi connectivity index (χ3v) is 5.42. The largest absolute Gasteiger partial charge is 0.385 e. The molecule has 6 heteroatoms. The summed E-state index contributed by atoms with van der Waals surface area (Å²) in [4.78, 5) is 2.26. The zero-order valence-corrected chi connectivity index (χ0v) is 14.2. The highest BCUT2D eigenvalue weighted by Gasteiger charge is 2.48. The fourth-order valence-corrected chi connectivity index (χ4v) is 4.20. The van der Waals surface area contributed by atoms with Gasteiger partial charge in [0.15, 0.2) is 11.6 Å². The van der Waals surface area contributed by atoms with Crippen LogP contribution in [0.15, 0.2) is 42.5 Å². The molecule has 26 heavy (non-hydrogen) atoms. The minimum Gasteiger partial charge on any atom is -0.385 e. The molecule has 1 N–H and O–H groups in total. The molecule has 0 amide bonds. The highest BCUT2D eigenvalue weighted by atomic mass is 19.2. The van der Waals surface area contributed by atoms with Gasteiger partial charge >= 0.3 is 0 Å². The second-order valence-corrected chi connectivity index (χ2v) is 7.19. The van der Waals surface area contributed by atoms with E-state index < -0.39 is 23.1 Å². The van der Waals surface area contributed by atoms with Crippen LogP contribution < -0.4 is 0 Å². The summed E-state index contributed by atoms with van der Waals surface area (Å²) in [5.74, 6) is -3.32. The lowest BCUT2D eigenvalue weighted by atomic mass is 9.76. The first-order valence-corrected chi connectivity index (χ1v) is 8.71. The van der Waals surface area contributed by atoms with Gasteiger partial charge in [0.2, 0.25) is 0 Å². The van der Waals surface area contributed by atoms with Crippen molar-refractivity contribution < 1.29 is 23.0 Å². The van der Waals surface area contributed by atoms with Crippen molar-refractivity contribution in [3.8, 4) is 0 Å². The molecule has 0 aromatic heterocycles. The molecular weight excluding hydrogens is 343 g/mol. The Balaban J connectivity index is 1.62. The Morgan fingerprint density at radius 2 is 1.58 bits per heavy atom. The summed E-state index contributed by atoms with van der Waals surface area (Å²) in [6.45, 7) is 1.53. The third-order valence-electron chi connectivity index (χ3n) is 5.42. The number of fused-ring (bicyclic) bond motifs is 2. The van der Waals surface area contributed by atoms with E-state index in [4.69, 9.17) is 4.74 Å². The second kappa shape index (κ2) is 6.68. The first-order chi connectivity index (χ1) is 12.5. The number of nitrogens with zero attached hydrogens (tertiary/aromatic N) is 1. The summed E-state index contributed by atoms with van der Waals surface area (Å²) in [6, 6.07) is 11.0. The summed E-state index contributed by atoms with van der Waals surface area (Å²) in [5, 5.41) is 11.1. The molecule has 4 rings (SSSR count). The number of hydrogen-bond donors (Lipinski definition) is 1. The topological polar surface area (TPSA) is 32.7 Å². The minimum absolute atomic E-state index is 0.125. The van der Waals surface area contributed by atoms with Gasteiger partial charge in [0.25, 0.3) is 0 Å². The normalized spacial score (nSPS) is 28.9. The molecule has 0 radical (unpaired) electrons. The van der Waals surface area contributed by atoms with Crippen molar-refractivity contribution in [1.29, 1.82) is 0 Å². The second-order valence-electron chi connectivity index (χ2n) is 7.19. The number of ether oxygens (including phenoxy) is 1. The Morgan fingerprint density at radius 3 is 2.23 bits per heavy atom. The van der Waals surface area contributed by atoms with Crippen LogP contribution in [0.3, 0.4) is 0 Å². The van der Waals surface area contributed by atoms with Crippen LogP contribution in [-0.4, -0.2) is 35.3 Å². The number of aliphatic hydroxyl groups is 1. The van der Waals surface area contributed by atoms with Crippen LogP contribution in [0.1, 0.15) is 24.0 Å². The van der Waals surface area contributed by atoms with Crippen LogP contribution in [0.25, 0.3) is 0 Å². The van der Waals surface area contributed by atoms with Crippen LogP contribution in [0.4, 0.5) is 13.2 Å². The van der Waals surface area contributed by atoms with Crippen molar-refractivity contribution >= 4 is 0 Å². The fourth-order valence-electron chi connectivity index (χ4n) is 4.20. The minimum atomic E-state index is -1.54. The fraction of sp³-hybridized carbons (Fsp3) is 0.400. The van der Waals surface area contributed by atoms with Gasteiger partial charge in [0.05, 0.1) is 18.8 Å². The highest BCUT2D eigenvalue weighted by molar-refractivity contribution is 5.28. The SMILES string of the molecule is OC1(c2cc(F)c(F)cc2F)CC2COCC(C1)N2Cc1ccccc1. The summed E-state index contributed by atoms with van der Waals surface area (Å²) >= 11 is 0. The summed E-state index contributed by atoms with van der Waals surface area (Å²) < 4.78 is 46.8. The molecule has 2 bridgehead atoms. The monoisotopic (exact) mass is 363 g/mol. The van der Waals surface area contributed by atoms with Crippen molar-refractivity contribution in [2.45, 2.75) is 37.1 Å². The predicted molar refractivity (Wildman–Crippen MR) is 89.8 cm³/mol. The van der Waals surface area contributed by atoms with Crippen molar-refractivity contribution in [3.63, 3.8) is 0 Å². The molecule has 2 fully saturated rings. The van der Waals surface area contributed by atoms with E-state index >= 15 is 0 Å². The molecule has 138 valence electrons. The number of rotatable bonds is 3. The summed E-state index contributed by atoms with van der Waals surface area (Å²) in [5.41, 5.74) is -0.563. The molecule has 2 heterocycles. The van der Waals surface area contributed by atoms with Crippen LogP contribution in [-0.2, 0) is 16.9 Å². The van der Waals surface area contributed by atoms with E-state index in [2.05, 4.69) is 4.90 Å². The maximum Gasteiger partial charge on any atom is 0.161 e. The number of hydrogen-bond acceptors (Lipinski definition) is 3. The molecule has 0 spiro atoms. The van der Waals surface area contributed by atoms with Gasteiger partial charge < -0.3 is 9.84 Å². The van der Waals surface area contributed by atoms with E-state index in [-0.39, 0.29) is 30.5 Å². The number of halogens is 3. The van der Waals surface area contributed by atoms with E-state index in [0.717, 1.165) is 11.6 Å². The van der Waals surface area contributed by atoms with Gasteiger partial charge in [-0.15, -0.1) is 0 Å². The van der Waals surface area contributed by atoms with E-state index in [1.54, 1.807) is 0 Å². The van der Waals surface area contributed by atoms with Gasteiger partial charge in [0.1, 0.15) is 5.82 Å². The predicted octanol–water partition coefficient (Wildman–Crippen LogP) is 3.35. The van der Waals surface area contributed by atoms with E-state index in [0.29, 0.717) is 25.8 Å². The molecule has 0 saturated carbocycles. The molecule has 2 unspecified atom stereocenters. The van der Waals surface area contributed by atoms with E-state index in [9.17, 15) is 18.3 Å². The average molecular weight is 363 g/mol. The zero-order chi connectivity index (χ0) is 18.3. The lowest BCUT2D eigenvalue weighted by Gasteiger charge is -2.51. The van der Waals surface area contributed by atoms with Gasteiger partial charge in [-0.3, -0.25) is 4.90 Å². The molecule has 2 aromatic carbocycles. The number of piperidine rings is 1. The Labute approximate surface area is 150 Å². The van der Waals surface area contributed by atoms with Crippen LogP contribution in [0.5, 0.6) is 0 Å². The van der Waals surface area contributed by atoms with Gasteiger partial charge in [-0.2, -0.15) is 0 Å². The summed E-state index contributed by atoms with van der Waals surface area (Å²) in [7, 11) is 0. The van der Waals surface area contributed by atoms with Gasteiger partial charge in [0, 0.05) is 30.3 Å². The third kappa shape index (κ3) is 3.13. The Bertz CT molecular complexity index is 785. The first kappa shape index (κ1) is 17.5. The van der Waals surface area contributed by atoms with E-state index in [1.807, 2.05) is 30.3 Å². The molecule has 2 saturated heterocycles. The number of morpholine rings is 1. The van der Waals surface area contributed by atoms with Gasteiger partial charge in [-0.1, -0.05) is 30.3 Å². The molecule has 3 nitrogen and oxygen atoms in total. The smallest absolute Gasteiger partial charge is 0.161 e. The van der Waals surface area contributed by atoms with Crippen molar-refractivity contribution in [2.75, 3.05) is 13.2 Å². The molecule has 2 aromatic rings. The maximum absolute atomic E-state index is 14.3. The quantitative estimate of drug-likeness (QED) is 0.849. The summed E-state index contributed by atoms with van der Waals surface area (Å²) in [6.07, 6.45) is 0.413. The molecule has 2 aliphatic heterocycles. The lowest BCUT2D eigenvalue weighted by Crippen LogP contribution is -2.60. The van der Waals surface area contributed by atoms with Crippen molar-refractivity contribution in [2.24, 2.45) is 0 Å². The average Bonchev–Trinajstić information content (AvgIpc) is 2.60. The molecule has 2 aliphatic rings.